The van der Waals surface area contributed by atoms with Gasteiger partial charge in [0.15, 0.2) is 9.84 Å². The Morgan fingerprint density at radius 3 is 2.09 bits per heavy atom. The van der Waals surface area contributed by atoms with Crippen LogP contribution in [0.25, 0.3) is 0 Å². The molecule has 0 fully saturated rings. The predicted octanol–water partition coefficient (Wildman–Crippen LogP) is 3.96. The minimum absolute atomic E-state index is 0.136. The van der Waals surface area contributed by atoms with Crippen molar-refractivity contribution in [2.24, 2.45) is 0 Å². The maximum Gasteiger partial charge on any atom is 0.390 e. The lowest BCUT2D eigenvalue weighted by atomic mass is 10.2. The van der Waals surface area contributed by atoms with Crippen molar-refractivity contribution in [2.75, 3.05) is 5.75 Å². The van der Waals surface area contributed by atoms with Crippen LogP contribution in [0.1, 0.15) is 32.8 Å². The molecular formula is C15H21ClF3NO2S. The van der Waals surface area contributed by atoms with Gasteiger partial charge >= 0.3 is 6.18 Å². The Kier molecular flexibility index (Phi) is 6.52. The molecule has 1 atom stereocenters. The van der Waals surface area contributed by atoms with Crippen molar-refractivity contribution in [3.05, 3.63) is 34.9 Å². The van der Waals surface area contributed by atoms with Crippen molar-refractivity contribution in [1.29, 1.82) is 0 Å². The number of hydrogen-bond donors (Lipinski definition) is 1. The first-order valence-corrected chi connectivity index (χ1v) is 9.10. The normalized spacial score (nSPS) is 14.7. The lowest BCUT2D eigenvalue weighted by Gasteiger charge is -2.25. The molecule has 0 amide bonds. The molecule has 23 heavy (non-hydrogen) atoms. The van der Waals surface area contributed by atoms with Gasteiger partial charge in [-0.25, -0.2) is 8.42 Å². The van der Waals surface area contributed by atoms with Crippen LogP contribution in [0.15, 0.2) is 24.3 Å². The molecule has 1 aromatic carbocycles. The van der Waals surface area contributed by atoms with Crippen LogP contribution >= 0.6 is 11.6 Å². The molecule has 132 valence electrons. The van der Waals surface area contributed by atoms with Gasteiger partial charge in [-0.2, -0.15) is 13.2 Å². The van der Waals surface area contributed by atoms with E-state index in [2.05, 4.69) is 5.32 Å². The summed E-state index contributed by atoms with van der Waals surface area (Å²) in [5.74, 6) is -0.566. The average Bonchev–Trinajstić information content (AvgIpc) is 2.34. The molecule has 0 radical (unpaired) electrons. The SMILES string of the molecule is CC(C)(C)S(=O)(=O)CC(CC(F)(F)F)NCc1ccc(Cl)cc1. The van der Waals surface area contributed by atoms with Crippen molar-refractivity contribution in [2.45, 2.75) is 50.7 Å². The third-order valence-electron chi connectivity index (χ3n) is 3.34. The first kappa shape index (κ1) is 20.3. The number of halogens is 4. The highest BCUT2D eigenvalue weighted by molar-refractivity contribution is 7.92. The van der Waals surface area contributed by atoms with E-state index in [1.165, 1.54) is 20.8 Å². The zero-order valence-electron chi connectivity index (χ0n) is 13.2. The lowest BCUT2D eigenvalue weighted by Crippen LogP contribution is -2.43. The summed E-state index contributed by atoms with van der Waals surface area (Å²) < 4.78 is 61.4. The highest BCUT2D eigenvalue weighted by Gasteiger charge is 2.37. The maximum atomic E-state index is 12.7. The molecule has 1 unspecified atom stereocenters. The van der Waals surface area contributed by atoms with Gasteiger partial charge in [-0.1, -0.05) is 23.7 Å². The summed E-state index contributed by atoms with van der Waals surface area (Å²) in [5.41, 5.74) is 0.731. The molecule has 0 aromatic heterocycles. The van der Waals surface area contributed by atoms with Gasteiger partial charge in [0, 0.05) is 17.6 Å². The number of nitrogens with one attached hydrogen (secondary N) is 1. The van der Waals surface area contributed by atoms with E-state index in [9.17, 15) is 21.6 Å². The fourth-order valence-corrected chi connectivity index (χ4v) is 3.24. The van der Waals surface area contributed by atoms with E-state index in [0.717, 1.165) is 5.56 Å². The van der Waals surface area contributed by atoms with Crippen LogP contribution in [0.5, 0.6) is 0 Å². The van der Waals surface area contributed by atoms with Gasteiger partial charge in [0.2, 0.25) is 0 Å². The Morgan fingerprint density at radius 2 is 1.65 bits per heavy atom. The highest BCUT2D eigenvalue weighted by Crippen LogP contribution is 2.25. The molecule has 8 heteroatoms. The summed E-state index contributed by atoms with van der Waals surface area (Å²) >= 11 is 5.75. The molecule has 0 bridgehead atoms. The molecule has 1 rings (SSSR count). The van der Waals surface area contributed by atoms with E-state index in [1.807, 2.05) is 0 Å². The molecule has 1 aromatic rings. The van der Waals surface area contributed by atoms with Crippen LogP contribution in [-0.2, 0) is 16.4 Å². The van der Waals surface area contributed by atoms with Gasteiger partial charge in [-0.05, 0) is 38.5 Å². The first-order chi connectivity index (χ1) is 10.3. The molecule has 0 aliphatic rings. The van der Waals surface area contributed by atoms with Crippen molar-refractivity contribution in [3.8, 4) is 0 Å². The minimum Gasteiger partial charge on any atom is -0.309 e. The molecule has 0 saturated heterocycles. The molecule has 0 aliphatic carbocycles. The smallest absolute Gasteiger partial charge is 0.309 e. The van der Waals surface area contributed by atoms with Crippen molar-refractivity contribution in [1.82, 2.24) is 5.32 Å². The highest BCUT2D eigenvalue weighted by atomic mass is 35.5. The summed E-state index contributed by atoms with van der Waals surface area (Å²) in [6.07, 6.45) is -5.64. The largest absolute Gasteiger partial charge is 0.390 e. The van der Waals surface area contributed by atoms with E-state index in [4.69, 9.17) is 11.6 Å². The summed E-state index contributed by atoms with van der Waals surface area (Å²) in [5, 5.41) is 3.22. The number of hydrogen-bond acceptors (Lipinski definition) is 3. The predicted molar refractivity (Wildman–Crippen MR) is 86.3 cm³/mol. The fourth-order valence-electron chi connectivity index (χ4n) is 1.85. The van der Waals surface area contributed by atoms with E-state index < -0.39 is 39.0 Å². The second-order valence-corrected chi connectivity index (χ2v) is 9.64. The number of sulfone groups is 1. The van der Waals surface area contributed by atoms with Crippen LogP contribution in [-0.4, -0.2) is 31.1 Å². The molecule has 0 spiro atoms. The number of alkyl halides is 3. The van der Waals surface area contributed by atoms with Crippen LogP contribution in [0.4, 0.5) is 13.2 Å². The third kappa shape index (κ3) is 7.10. The molecule has 0 saturated carbocycles. The van der Waals surface area contributed by atoms with E-state index in [-0.39, 0.29) is 6.54 Å². The number of rotatable bonds is 6. The second-order valence-electron chi connectivity index (χ2n) is 6.42. The molecule has 0 heterocycles. The van der Waals surface area contributed by atoms with E-state index in [1.54, 1.807) is 24.3 Å². The van der Waals surface area contributed by atoms with E-state index >= 15 is 0 Å². The topological polar surface area (TPSA) is 46.2 Å². The van der Waals surface area contributed by atoms with Gasteiger partial charge in [-0.15, -0.1) is 0 Å². The molecule has 0 aliphatic heterocycles. The minimum atomic E-state index is -4.44. The maximum absolute atomic E-state index is 12.7. The summed E-state index contributed by atoms with van der Waals surface area (Å²) in [7, 11) is -3.66. The average molecular weight is 372 g/mol. The Morgan fingerprint density at radius 1 is 1.13 bits per heavy atom. The Labute approximate surface area is 140 Å². The van der Waals surface area contributed by atoms with Crippen molar-refractivity contribution in [3.63, 3.8) is 0 Å². The van der Waals surface area contributed by atoms with Crippen LogP contribution < -0.4 is 5.32 Å². The fraction of sp³-hybridized carbons (Fsp3) is 0.600. The van der Waals surface area contributed by atoms with Gasteiger partial charge in [0.1, 0.15) is 0 Å². The van der Waals surface area contributed by atoms with Gasteiger partial charge in [0.25, 0.3) is 0 Å². The Balaban J connectivity index is 2.83. The van der Waals surface area contributed by atoms with Gasteiger partial charge in [-0.3, -0.25) is 0 Å². The second kappa shape index (κ2) is 7.40. The van der Waals surface area contributed by atoms with Gasteiger partial charge in [0.05, 0.1) is 16.9 Å². The van der Waals surface area contributed by atoms with Crippen LogP contribution in [0.3, 0.4) is 0 Å². The number of benzene rings is 1. The molecular weight excluding hydrogens is 351 g/mol. The van der Waals surface area contributed by atoms with Crippen molar-refractivity contribution < 1.29 is 21.6 Å². The zero-order valence-corrected chi connectivity index (χ0v) is 14.8. The summed E-state index contributed by atoms with van der Waals surface area (Å²) in [6, 6.07) is 5.41. The van der Waals surface area contributed by atoms with Gasteiger partial charge < -0.3 is 5.32 Å². The lowest BCUT2D eigenvalue weighted by molar-refractivity contribution is -0.138. The Hall–Kier alpha value is -0.790. The summed E-state index contributed by atoms with van der Waals surface area (Å²) in [4.78, 5) is 0. The molecule has 3 nitrogen and oxygen atoms in total. The Bertz CT molecular complexity index is 607. The van der Waals surface area contributed by atoms with E-state index in [0.29, 0.717) is 5.02 Å². The van der Waals surface area contributed by atoms with Crippen molar-refractivity contribution >= 4 is 21.4 Å². The first-order valence-electron chi connectivity index (χ1n) is 7.07. The van der Waals surface area contributed by atoms with Crippen LogP contribution in [0, 0.1) is 0 Å². The monoisotopic (exact) mass is 371 g/mol. The standard InChI is InChI=1S/C15H21ClF3NO2S/c1-14(2,3)23(21,22)10-13(8-15(17,18)19)20-9-11-4-6-12(16)7-5-11/h4-7,13,20H,8-10H2,1-3H3. The third-order valence-corrected chi connectivity index (χ3v) is 6.30. The summed E-state index contributed by atoms with van der Waals surface area (Å²) in [6.45, 7) is 4.57. The zero-order chi connectivity index (χ0) is 17.9. The molecule has 1 N–H and O–H groups in total. The quantitative estimate of drug-likeness (QED) is 0.823. The van der Waals surface area contributed by atoms with Crippen LogP contribution in [0.2, 0.25) is 5.02 Å².